The molecule has 0 saturated carbocycles. The van der Waals surface area contributed by atoms with Crippen LogP contribution in [-0.2, 0) is 7.05 Å². The minimum absolute atomic E-state index is 0.0159. The number of alkyl halides is 3. The number of ketones is 1. The third-order valence-corrected chi connectivity index (χ3v) is 3.04. The average Bonchev–Trinajstić information content (AvgIpc) is 2.60. The molecule has 0 spiro atoms. The van der Waals surface area contributed by atoms with Crippen LogP contribution in [-0.4, -0.2) is 27.6 Å². The van der Waals surface area contributed by atoms with Crippen molar-refractivity contribution in [3.63, 3.8) is 0 Å². The fourth-order valence-electron chi connectivity index (χ4n) is 2.17. The maximum absolute atomic E-state index is 12.6. The molecule has 0 saturated heterocycles. The quantitative estimate of drug-likeness (QED) is 0.863. The van der Waals surface area contributed by atoms with Crippen molar-refractivity contribution in [2.75, 3.05) is 0 Å². The van der Waals surface area contributed by atoms with E-state index in [1.807, 2.05) is 0 Å². The van der Waals surface area contributed by atoms with Crippen molar-refractivity contribution in [2.45, 2.75) is 13.1 Å². The smallest absolute Gasteiger partial charge is 0.454 e. The van der Waals surface area contributed by atoms with Crippen LogP contribution < -0.4 is 0 Å². The molecular formula is C13H10F3NO3. The Balaban J connectivity index is 2.91. The van der Waals surface area contributed by atoms with Crippen LogP contribution in [0.1, 0.15) is 26.4 Å². The van der Waals surface area contributed by atoms with E-state index in [4.69, 9.17) is 5.11 Å². The summed E-state index contributed by atoms with van der Waals surface area (Å²) in [6, 6.07) is 4.39. The molecule has 0 fully saturated rings. The number of aryl methyl sites for hydroxylation is 2. The molecule has 1 heterocycles. The maximum atomic E-state index is 12.6. The van der Waals surface area contributed by atoms with E-state index in [1.165, 1.54) is 25.2 Å². The van der Waals surface area contributed by atoms with Crippen LogP contribution in [0.5, 0.6) is 0 Å². The van der Waals surface area contributed by atoms with E-state index < -0.39 is 29.2 Å². The van der Waals surface area contributed by atoms with E-state index in [9.17, 15) is 22.8 Å². The van der Waals surface area contributed by atoms with Crippen LogP contribution in [0, 0.1) is 6.92 Å². The summed E-state index contributed by atoms with van der Waals surface area (Å²) in [6.45, 7) is 1.72. The average molecular weight is 285 g/mol. The van der Waals surface area contributed by atoms with Gasteiger partial charge in [-0.1, -0.05) is 12.1 Å². The molecule has 2 rings (SSSR count). The Bertz CT molecular complexity index is 729. The normalized spacial score (nSPS) is 11.8. The van der Waals surface area contributed by atoms with Gasteiger partial charge in [-0.3, -0.25) is 4.79 Å². The highest BCUT2D eigenvalue weighted by Gasteiger charge is 2.43. The van der Waals surface area contributed by atoms with Crippen LogP contribution in [0.3, 0.4) is 0 Å². The fourth-order valence-corrected chi connectivity index (χ4v) is 2.17. The summed E-state index contributed by atoms with van der Waals surface area (Å²) >= 11 is 0. The zero-order chi connectivity index (χ0) is 15.2. The second-order valence-corrected chi connectivity index (χ2v) is 4.44. The lowest BCUT2D eigenvalue weighted by Gasteiger charge is -2.05. The van der Waals surface area contributed by atoms with Crippen LogP contribution in [0.2, 0.25) is 0 Å². The summed E-state index contributed by atoms with van der Waals surface area (Å²) < 4.78 is 39.0. The van der Waals surface area contributed by atoms with Crippen LogP contribution in [0.25, 0.3) is 10.9 Å². The van der Waals surface area contributed by atoms with E-state index in [-0.39, 0.29) is 10.9 Å². The predicted molar refractivity (Wildman–Crippen MR) is 65.0 cm³/mol. The third-order valence-electron chi connectivity index (χ3n) is 3.04. The molecule has 1 aromatic heterocycles. The van der Waals surface area contributed by atoms with Gasteiger partial charge in [-0.05, 0) is 18.6 Å². The van der Waals surface area contributed by atoms with Crippen molar-refractivity contribution in [1.29, 1.82) is 0 Å². The molecule has 2 aromatic rings. The number of carbonyl (C=O) groups excluding carboxylic acids is 1. The van der Waals surface area contributed by atoms with Crippen LogP contribution in [0.4, 0.5) is 13.2 Å². The molecule has 106 valence electrons. The van der Waals surface area contributed by atoms with Gasteiger partial charge >= 0.3 is 12.1 Å². The number of nitrogens with zero attached hydrogens (tertiary/aromatic N) is 1. The number of carboxylic acids is 1. The number of carbonyl (C=O) groups is 2. The Hall–Kier alpha value is -2.31. The van der Waals surface area contributed by atoms with Crippen LogP contribution in [0.15, 0.2) is 18.2 Å². The molecular weight excluding hydrogens is 275 g/mol. The first-order valence-electron chi connectivity index (χ1n) is 5.58. The lowest BCUT2D eigenvalue weighted by atomic mass is 10.0. The highest BCUT2D eigenvalue weighted by Crippen LogP contribution is 2.32. The molecule has 0 aliphatic heterocycles. The molecule has 0 aliphatic rings. The van der Waals surface area contributed by atoms with E-state index in [0.29, 0.717) is 0 Å². The first kappa shape index (κ1) is 14.1. The SMILES string of the molecule is Cc1ccc2c(C(=O)C(F)(F)F)c(C(=O)O)n(C)c2c1. The maximum Gasteiger partial charge on any atom is 0.454 e. The van der Waals surface area contributed by atoms with Crippen molar-refractivity contribution < 1.29 is 27.9 Å². The molecule has 7 heteroatoms. The minimum atomic E-state index is -5.12. The van der Waals surface area contributed by atoms with Gasteiger partial charge in [0.25, 0.3) is 5.78 Å². The highest BCUT2D eigenvalue weighted by molar-refractivity contribution is 6.17. The largest absolute Gasteiger partial charge is 0.477 e. The Morgan fingerprint density at radius 2 is 1.85 bits per heavy atom. The Morgan fingerprint density at radius 3 is 2.35 bits per heavy atom. The highest BCUT2D eigenvalue weighted by atomic mass is 19.4. The fraction of sp³-hybridized carbons (Fsp3) is 0.231. The van der Waals surface area contributed by atoms with Gasteiger partial charge < -0.3 is 9.67 Å². The van der Waals surface area contributed by atoms with Gasteiger partial charge in [-0.15, -0.1) is 0 Å². The standard InChI is InChI=1S/C13H10F3NO3/c1-6-3-4-7-8(5-6)17(2)10(12(19)20)9(7)11(18)13(14,15)16/h3-5H,1-2H3,(H,19,20). The van der Waals surface area contributed by atoms with Crippen molar-refractivity contribution in [2.24, 2.45) is 7.05 Å². The molecule has 0 atom stereocenters. The molecule has 0 amide bonds. The van der Waals surface area contributed by atoms with Crippen molar-refractivity contribution in [3.05, 3.63) is 35.0 Å². The second-order valence-electron chi connectivity index (χ2n) is 4.44. The molecule has 0 bridgehead atoms. The lowest BCUT2D eigenvalue weighted by Crippen LogP contribution is -2.25. The summed E-state index contributed by atoms with van der Waals surface area (Å²) in [5.41, 5.74) is -0.452. The zero-order valence-corrected chi connectivity index (χ0v) is 10.6. The molecule has 0 aliphatic carbocycles. The molecule has 20 heavy (non-hydrogen) atoms. The number of hydrogen-bond donors (Lipinski definition) is 1. The van der Waals surface area contributed by atoms with Gasteiger partial charge in [0.15, 0.2) is 0 Å². The number of carboxylic acid groups (broad SMARTS) is 1. The number of aromatic carboxylic acids is 1. The number of aromatic nitrogens is 1. The summed E-state index contributed by atoms with van der Waals surface area (Å²) in [5, 5.41) is 9.08. The summed E-state index contributed by atoms with van der Waals surface area (Å²) in [5.74, 6) is -3.72. The zero-order valence-electron chi connectivity index (χ0n) is 10.6. The predicted octanol–water partition coefficient (Wildman–Crippen LogP) is 2.93. The number of Topliss-reactive ketones (excluding diaryl/α,β-unsaturated/α-hetero) is 1. The third kappa shape index (κ3) is 2.04. The van der Waals surface area contributed by atoms with Crippen molar-refractivity contribution >= 4 is 22.7 Å². The van der Waals surface area contributed by atoms with E-state index >= 15 is 0 Å². The Morgan fingerprint density at radius 1 is 1.25 bits per heavy atom. The first-order valence-corrected chi connectivity index (χ1v) is 5.58. The Kier molecular flexibility index (Phi) is 3.08. The Labute approximate surface area is 111 Å². The first-order chi connectivity index (χ1) is 9.14. The summed E-state index contributed by atoms with van der Waals surface area (Å²) in [7, 11) is 1.32. The van der Waals surface area contributed by atoms with Gasteiger partial charge in [0.05, 0.1) is 5.56 Å². The summed E-state index contributed by atoms with van der Waals surface area (Å²) in [6.07, 6.45) is -5.12. The lowest BCUT2D eigenvalue weighted by molar-refractivity contribution is -0.0884. The molecule has 1 aromatic carbocycles. The van der Waals surface area contributed by atoms with Gasteiger partial charge in [0.1, 0.15) is 5.69 Å². The number of rotatable bonds is 2. The monoisotopic (exact) mass is 285 g/mol. The van der Waals surface area contributed by atoms with Crippen LogP contribution >= 0.6 is 0 Å². The number of halogens is 3. The van der Waals surface area contributed by atoms with Gasteiger partial charge in [0, 0.05) is 18.0 Å². The van der Waals surface area contributed by atoms with E-state index in [2.05, 4.69) is 0 Å². The number of fused-ring (bicyclic) bond motifs is 1. The summed E-state index contributed by atoms with van der Waals surface area (Å²) in [4.78, 5) is 22.7. The van der Waals surface area contributed by atoms with Gasteiger partial charge in [0.2, 0.25) is 0 Å². The minimum Gasteiger partial charge on any atom is -0.477 e. The molecule has 4 nitrogen and oxygen atoms in total. The van der Waals surface area contributed by atoms with Gasteiger partial charge in [-0.2, -0.15) is 13.2 Å². The number of benzene rings is 1. The van der Waals surface area contributed by atoms with E-state index in [0.717, 1.165) is 10.1 Å². The molecule has 0 radical (unpaired) electrons. The van der Waals surface area contributed by atoms with E-state index in [1.54, 1.807) is 6.92 Å². The second kappa shape index (κ2) is 4.36. The number of hydrogen-bond acceptors (Lipinski definition) is 2. The molecule has 1 N–H and O–H groups in total. The van der Waals surface area contributed by atoms with Crippen molar-refractivity contribution in [1.82, 2.24) is 4.57 Å². The van der Waals surface area contributed by atoms with Crippen molar-refractivity contribution in [3.8, 4) is 0 Å². The molecule has 0 unspecified atom stereocenters. The topological polar surface area (TPSA) is 59.3 Å². The van der Waals surface area contributed by atoms with Gasteiger partial charge in [-0.25, -0.2) is 4.79 Å².